The molecule has 0 spiro atoms. The van der Waals surface area contributed by atoms with Gasteiger partial charge in [-0.05, 0) is 112 Å². The monoisotopic (exact) mass is 732 g/mol. The smallest absolute Gasteiger partial charge is 0.284 e. The number of nitrogens with one attached hydrogen (secondary N) is 1. The lowest BCUT2D eigenvalue weighted by Gasteiger charge is -2.17. The topological polar surface area (TPSA) is 78.8 Å². The molecule has 0 unspecified atom stereocenters. The van der Waals surface area contributed by atoms with Gasteiger partial charge in [-0.15, -0.1) is 4.40 Å². The summed E-state index contributed by atoms with van der Waals surface area (Å²) in [6, 6.07) is 12.2. The van der Waals surface area contributed by atoms with Crippen LogP contribution in [0.4, 0.5) is 5.69 Å². The van der Waals surface area contributed by atoms with Crippen molar-refractivity contribution in [2.24, 2.45) is 4.40 Å². The lowest BCUT2D eigenvalue weighted by molar-refractivity contribution is 0.467. The Balaban J connectivity index is 2.18. The molecule has 0 aliphatic carbocycles. The maximum atomic E-state index is 13.0. The number of sulfonamides is 1. The van der Waals surface area contributed by atoms with Gasteiger partial charge in [0, 0.05) is 15.6 Å². The van der Waals surface area contributed by atoms with E-state index < -0.39 is 10.0 Å². The SMILES string of the molecule is O=S(=O)(/N=C(/Nc1c(Br)c(Br)c(O)c(Br)c1Br)c1ccc(Cl)cc1)c1ccc(Cl)cc1. The van der Waals surface area contributed by atoms with E-state index in [4.69, 9.17) is 23.2 Å². The summed E-state index contributed by atoms with van der Waals surface area (Å²) < 4.78 is 31.6. The van der Waals surface area contributed by atoms with Crippen LogP contribution >= 0.6 is 86.9 Å². The van der Waals surface area contributed by atoms with Crippen LogP contribution in [0, 0.1) is 0 Å². The number of hydrogen-bond donors (Lipinski definition) is 2. The number of aromatic hydroxyl groups is 1. The number of phenolic OH excluding ortho intramolecular Hbond substituents is 1. The van der Waals surface area contributed by atoms with E-state index in [9.17, 15) is 13.5 Å². The molecule has 12 heteroatoms. The number of benzene rings is 3. The zero-order valence-electron chi connectivity index (χ0n) is 15.0. The summed E-state index contributed by atoms with van der Waals surface area (Å²) in [7, 11) is -4.08. The van der Waals surface area contributed by atoms with E-state index in [0.29, 0.717) is 39.2 Å². The second-order valence-electron chi connectivity index (χ2n) is 5.98. The minimum atomic E-state index is -4.08. The van der Waals surface area contributed by atoms with E-state index in [1.165, 1.54) is 24.3 Å². The van der Waals surface area contributed by atoms with E-state index in [2.05, 4.69) is 73.4 Å². The Kier molecular flexibility index (Phi) is 8.16. The van der Waals surface area contributed by atoms with Crippen LogP contribution in [0.3, 0.4) is 0 Å². The second kappa shape index (κ2) is 10.1. The molecule has 0 bridgehead atoms. The van der Waals surface area contributed by atoms with E-state index in [1.807, 2.05) is 0 Å². The molecule has 0 amide bonds. The maximum Gasteiger partial charge on any atom is 0.284 e. The minimum absolute atomic E-state index is 0.0173. The zero-order chi connectivity index (χ0) is 22.9. The van der Waals surface area contributed by atoms with Crippen molar-refractivity contribution < 1.29 is 13.5 Å². The summed E-state index contributed by atoms with van der Waals surface area (Å²) in [5, 5.41) is 14.1. The van der Waals surface area contributed by atoms with Crippen LogP contribution < -0.4 is 5.32 Å². The van der Waals surface area contributed by atoms with E-state index in [1.54, 1.807) is 24.3 Å². The summed E-state index contributed by atoms with van der Waals surface area (Å²) in [4.78, 5) is -0.0173. The van der Waals surface area contributed by atoms with Crippen molar-refractivity contribution in [2.45, 2.75) is 4.90 Å². The molecule has 31 heavy (non-hydrogen) atoms. The summed E-state index contributed by atoms with van der Waals surface area (Å²) in [6.45, 7) is 0. The predicted molar refractivity (Wildman–Crippen MR) is 139 cm³/mol. The molecule has 2 N–H and O–H groups in total. The van der Waals surface area contributed by atoms with Crippen LogP contribution in [0.1, 0.15) is 5.56 Å². The van der Waals surface area contributed by atoms with Crippen molar-refractivity contribution in [1.29, 1.82) is 0 Å². The third-order valence-electron chi connectivity index (χ3n) is 3.92. The summed E-state index contributed by atoms with van der Waals surface area (Å²) in [6.07, 6.45) is 0. The maximum absolute atomic E-state index is 13.0. The van der Waals surface area contributed by atoms with Gasteiger partial charge >= 0.3 is 0 Å². The van der Waals surface area contributed by atoms with E-state index >= 15 is 0 Å². The Hall–Kier alpha value is -0.620. The van der Waals surface area contributed by atoms with Crippen molar-refractivity contribution in [3.05, 3.63) is 82.0 Å². The van der Waals surface area contributed by atoms with Crippen LogP contribution in [0.15, 0.2) is 75.7 Å². The van der Waals surface area contributed by atoms with Gasteiger partial charge in [-0.1, -0.05) is 23.2 Å². The van der Waals surface area contributed by atoms with Gasteiger partial charge in [-0.25, -0.2) is 0 Å². The molecule has 0 aliphatic rings. The highest BCUT2D eigenvalue weighted by Gasteiger charge is 2.22. The number of phenols is 1. The van der Waals surface area contributed by atoms with Gasteiger partial charge in [-0.2, -0.15) is 8.42 Å². The summed E-state index contributed by atoms with van der Waals surface area (Å²) in [5.41, 5.74) is 0.901. The Morgan fingerprint density at radius 2 is 1.26 bits per heavy atom. The van der Waals surface area contributed by atoms with Crippen molar-refractivity contribution in [1.82, 2.24) is 0 Å². The van der Waals surface area contributed by atoms with Crippen LogP contribution in [-0.4, -0.2) is 19.4 Å². The highest BCUT2D eigenvalue weighted by atomic mass is 79.9. The number of nitrogens with zero attached hydrogens (tertiary/aromatic N) is 1. The first-order valence-corrected chi connectivity index (χ1v) is 13.6. The molecule has 0 aliphatic heterocycles. The van der Waals surface area contributed by atoms with Crippen LogP contribution in [0.25, 0.3) is 0 Å². The van der Waals surface area contributed by atoms with Gasteiger partial charge in [0.1, 0.15) is 5.75 Å². The fourth-order valence-corrected chi connectivity index (χ4v) is 5.91. The molecule has 0 fully saturated rings. The molecule has 0 atom stereocenters. The predicted octanol–water partition coefficient (Wildman–Crippen LogP) is 8.00. The number of hydrogen-bond acceptors (Lipinski definition) is 3. The highest BCUT2D eigenvalue weighted by Crippen LogP contribution is 2.48. The molecule has 0 aromatic heterocycles. The van der Waals surface area contributed by atoms with Gasteiger partial charge in [0.2, 0.25) is 0 Å². The van der Waals surface area contributed by atoms with E-state index in [-0.39, 0.29) is 16.5 Å². The molecule has 0 radical (unpaired) electrons. The summed E-state index contributed by atoms with van der Waals surface area (Å²) in [5.74, 6) is 0.000531. The first kappa shape index (κ1) is 25.0. The van der Waals surface area contributed by atoms with Crippen LogP contribution in [0.5, 0.6) is 5.75 Å². The standard InChI is InChI=1S/C19H10Br4Cl2N2O3S/c20-13-15(22)18(28)16(23)14(21)17(13)26-19(9-1-3-10(24)4-2-9)27-31(29,30)12-7-5-11(25)6-8-12/h1-8,28H,(H,26,27). The molecule has 162 valence electrons. The largest absolute Gasteiger partial charge is 0.505 e. The third-order valence-corrected chi connectivity index (χ3v) is 9.91. The fraction of sp³-hybridized carbons (Fsp3) is 0. The van der Waals surface area contributed by atoms with Gasteiger partial charge < -0.3 is 10.4 Å². The second-order valence-corrected chi connectivity index (χ2v) is 11.6. The van der Waals surface area contributed by atoms with Gasteiger partial charge in [0.05, 0.1) is 28.5 Å². The van der Waals surface area contributed by atoms with Crippen molar-refractivity contribution >= 4 is 108 Å². The van der Waals surface area contributed by atoms with Gasteiger partial charge in [0.15, 0.2) is 5.84 Å². The molecular formula is C19H10Br4Cl2N2O3S. The van der Waals surface area contributed by atoms with Crippen molar-refractivity contribution in [2.75, 3.05) is 5.32 Å². The normalized spacial score (nSPS) is 12.1. The summed E-state index contributed by atoms with van der Waals surface area (Å²) >= 11 is 25.3. The first-order chi connectivity index (χ1) is 14.5. The lowest BCUT2D eigenvalue weighted by atomic mass is 10.2. The Labute approximate surface area is 222 Å². The van der Waals surface area contributed by atoms with Crippen LogP contribution in [0.2, 0.25) is 10.0 Å². The molecule has 0 saturated carbocycles. The first-order valence-electron chi connectivity index (χ1n) is 8.19. The molecule has 3 aromatic carbocycles. The molecule has 5 nitrogen and oxygen atoms in total. The number of halogens is 6. The Morgan fingerprint density at radius 1 is 0.806 bits per heavy atom. The zero-order valence-corrected chi connectivity index (χ0v) is 23.7. The average Bonchev–Trinajstić information content (AvgIpc) is 2.74. The number of amidine groups is 1. The molecule has 0 heterocycles. The third kappa shape index (κ3) is 5.66. The Morgan fingerprint density at radius 3 is 1.74 bits per heavy atom. The van der Waals surface area contributed by atoms with Crippen LogP contribution in [-0.2, 0) is 10.0 Å². The average molecular weight is 737 g/mol. The fourth-order valence-electron chi connectivity index (χ4n) is 2.38. The number of rotatable bonds is 4. The Bertz CT molecular complexity index is 1250. The van der Waals surface area contributed by atoms with Crippen molar-refractivity contribution in [3.8, 4) is 5.75 Å². The highest BCUT2D eigenvalue weighted by molar-refractivity contribution is 9.14. The van der Waals surface area contributed by atoms with Gasteiger partial charge in [-0.3, -0.25) is 0 Å². The van der Waals surface area contributed by atoms with E-state index in [0.717, 1.165) is 0 Å². The van der Waals surface area contributed by atoms with Crippen molar-refractivity contribution in [3.63, 3.8) is 0 Å². The lowest BCUT2D eigenvalue weighted by Crippen LogP contribution is -2.17. The minimum Gasteiger partial charge on any atom is -0.505 e. The quantitative estimate of drug-likeness (QED) is 0.123. The molecule has 3 rings (SSSR count). The number of anilines is 1. The molecular weight excluding hydrogens is 727 g/mol. The molecule has 3 aromatic rings. The molecule has 0 saturated heterocycles. The van der Waals surface area contributed by atoms with Gasteiger partial charge in [0.25, 0.3) is 10.0 Å².